The third kappa shape index (κ3) is 3.46. The van der Waals surface area contributed by atoms with Crippen molar-refractivity contribution in [3.63, 3.8) is 0 Å². The van der Waals surface area contributed by atoms with Crippen molar-refractivity contribution in [1.82, 2.24) is 14.3 Å². The monoisotopic (exact) mass is 444 g/mol. The number of nitrogens with zero attached hydrogens (tertiary/aromatic N) is 3. The Morgan fingerprint density at radius 3 is 2.67 bits per heavy atom. The molecule has 0 aliphatic carbocycles. The van der Waals surface area contributed by atoms with E-state index >= 15 is 0 Å². The van der Waals surface area contributed by atoms with Gasteiger partial charge in [0.05, 0.1) is 11.1 Å². The summed E-state index contributed by atoms with van der Waals surface area (Å²) < 4.78 is 7.28. The second-order valence-corrected chi connectivity index (χ2v) is 8.46. The lowest BCUT2D eigenvalue weighted by Gasteiger charge is -2.12. The van der Waals surface area contributed by atoms with Gasteiger partial charge in [-0.3, -0.25) is 14.2 Å². The molecule has 1 amide bonds. The molecule has 10 heteroatoms. The van der Waals surface area contributed by atoms with Crippen LogP contribution < -0.4 is 16.6 Å². The molecule has 30 heavy (non-hydrogen) atoms. The molecule has 0 fully saturated rings. The van der Waals surface area contributed by atoms with Gasteiger partial charge in [0.1, 0.15) is 17.1 Å². The van der Waals surface area contributed by atoms with E-state index in [-0.39, 0.29) is 12.4 Å². The number of aromatic nitrogens is 3. The minimum Gasteiger partial charge on any atom is -0.360 e. The number of hydrogen-bond acceptors (Lipinski definition) is 6. The van der Waals surface area contributed by atoms with Crippen LogP contribution in [0.25, 0.3) is 15.9 Å². The fourth-order valence-corrected chi connectivity index (χ4v) is 4.52. The number of amides is 1. The van der Waals surface area contributed by atoms with Crippen LogP contribution in [0.3, 0.4) is 0 Å². The first kappa shape index (κ1) is 20.1. The van der Waals surface area contributed by atoms with Gasteiger partial charge in [-0.2, -0.15) is 0 Å². The van der Waals surface area contributed by atoms with Crippen LogP contribution in [0.5, 0.6) is 0 Å². The summed E-state index contributed by atoms with van der Waals surface area (Å²) in [7, 11) is 0. The summed E-state index contributed by atoms with van der Waals surface area (Å²) in [6.45, 7) is 5.11. The lowest BCUT2D eigenvalue weighted by molar-refractivity contribution is -0.116. The number of benzene rings is 1. The maximum atomic E-state index is 13.3. The SMILES string of the molecule is Cc1cc(NC(=O)Cn2c(=O)n(-c3cccc(Cl)c3)c(=O)c3c(C)c(C)sc32)no1. The van der Waals surface area contributed by atoms with Gasteiger partial charge in [-0.15, -0.1) is 11.3 Å². The van der Waals surface area contributed by atoms with E-state index in [9.17, 15) is 14.4 Å². The van der Waals surface area contributed by atoms with Crippen LogP contribution in [-0.4, -0.2) is 20.2 Å². The van der Waals surface area contributed by atoms with Crippen molar-refractivity contribution < 1.29 is 9.32 Å². The summed E-state index contributed by atoms with van der Waals surface area (Å²) in [6.07, 6.45) is 0. The fourth-order valence-electron chi connectivity index (χ4n) is 3.19. The number of fused-ring (bicyclic) bond motifs is 1. The minimum absolute atomic E-state index is 0.253. The quantitative estimate of drug-likeness (QED) is 0.520. The number of aryl methyl sites for hydroxylation is 3. The topological polar surface area (TPSA) is 99.1 Å². The zero-order valence-corrected chi connectivity index (χ0v) is 17.9. The number of halogens is 1. The lowest BCUT2D eigenvalue weighted by atomic mass is 10.2. The van der Waals surface area contributed by atoms with Gasteiger partial charge in [0.15, 0.2) is 5.82 Å². The molecule has 0 aliphatic heterocycles. The largest absolute Gasteiger partial charge is 0.360 e. The molecule has 0 aliphatic rings. The summed E-state index contributed by atoms with van der Waals surface area (Å²) in [5.74, 6) is 0.332. The number of thiophene rings is 1. The molecule has 3 heterocycles. The molecule has 4 rings (SSSR count). The van der Waals surface area contributed by atoms with E-state index in [1.165, 1.54) is 22.0 Å². The van der Waals surface area contributed by atoms with E-state index in [1.807, 2.05) is 13.8 Å². The van der Waals surface area contributed by atoms with E-state index in [1.54, 1.807) is 31.2 Å². The second kappa shape index (κ2) is 7.58. The highest BCUT2D eigenvalue weighted by Gasteiger charge is 2.21. The normalized spacial score (nSPS) is 11.2. The van der Waals surface area contributed by atoms with Crippen LogP contribution in [0, 0.1) is 20.8 Å². The van der Waals surface area contributed by atoms with E-state index < -0.39 is 17.2 Å². The Bertz CT molecular complexity index is 1410. The summed E-state index contributed by atoms with van der Waals surface area (Å²) in [5, 5.41) is 7.12. The van der Waals surface area contributed by atoms with Gasteiger partial charge in [-0.1, -0.05) is 22.8 Å². The maximum Gasteiger partial charge on any atom is 0.337 e. The van der Waals surface area contributed by atoms with Gasteiger partial charge in [-0.05, 0) is 44.5 Å². The van der Waals surface area contributed by atoms with Crippen molar-refractivity contribution in [2.24, 2.45) is 0 Å². The number of carbonyl (C=O) groups excluding carboxylic acids is 1. The Morgan fingerprint density at radius 2 is 2.00 bits per heavy atom. The van der Waals surface area contributed by atoms with Crippen LogP contribution in [0.2, 0.25) is 5.02 Å². The Balaban J connectivity index is 1.90. The highest BCUT2D eigenvalue weighted by atomic mass is 35.5. The molecule has 0 spiro atoms. The molecule has 1 N–H and O–H groups in total. The first-order valence-electron chi connectivity index (χ1n) is 9.01. The average molecular weight is 445 g/mol. The smallest absolute Gasteiger partial charge is 0.337 e. The highest BCUT2D eigenvalue weighted by Crippen LogP contribution is 2.27. The average Bonchev–Trinajstić information content (AvgIpc) is 3.22. The van der Waals surface area contributed by atoms with Crippen LogP contribution in [0.4, 0.5) is 5.82 Å². The predicted octanol–water partition coefficient (Wildman–Crippen LogP) is 3.42. The van der Waals surface area contributed by atoms with Crippen molar-refractivity contribution in [3.05, 3.63) is 72.4 Å². The van der Waals surface area contributed by atoms with E-state index in [4.69, 9.17) is 16.1 Å². The minimum atomic E-state index is -0.623. The highest BCUT2D eigenvalue weighted by molar-refractivity contribution is 7.18. The van der Waals surface area contributed by atoms with Gasteiger partial charge in [-0.25, -0.2) is 9.36 Å². The number of hydrogen-bond donors (Lipinski definition) is 1. The van der Waals surface area contributed by atoms with Crippen molar-refractivity contribution in [2.45, 2.75) is 27.3 Å². The maximum absolute atomic E-state index is 13.3. The van der Waals surface area contributed by atoms with E-state index in [0.717, 1.165) is 15.0 Å². The second-order valence-electron chi connectivity index (χ2n) is 6.82. The third-order valence-electron chi connectivity index (χ3n) is 4.71. The molecular weight excluding hydrogens is 428 g/mol. The Morgan fingerprint density at radius 1 is 1.23 bits per heavy atom. The standard InChI is InChI=1S/C20H17ClN4O4S/c1-10-7-15(23-29-10)22-16(26)9-24-19-17(11(2)12(3)30-19)18(27)25(20(24)28)14-6-4-5-13(21)8-14/h4-8H,9H2,1-3H3,(H,22,23,26). The molecule has 3 aromatic heterocycles. The molecule has 1 aromatic carbocycles. The fraction of sp³-hybridized carbons (Fsp3) is 0.200. The first-order chi connectivity index (χ1) is 14.3. The van der Waals surface area contributed by atoms with E-state index in [0.29, 0.717) is 26.7 Å². The summed E-state index contributed by atoms with van der Waals surface area (Å²) in [4.78, 5) is 40.5. The molecule has 0 saturated heterocycles. The molecule has 4 aromatic rings. The van der Waals surface area contributed by atoms with Crippen LogP contribution >= 0.6 is 22.9 Å². The van der Waals surface area contributed by atoms with Crippen molar-refractivity contribution in [1.29, 1.82) is 0 Å². The number of rotatable bonds is 4. The Hall–Kier alpha value is -3.17. The van der Waals surface area contributed by atoms with Crippen LogP contribution in [0.1, 0.15) is 16.2 Å². The Labute approximate surface area is 179 Å². The molecular formula is C20H17ClN4O4S. The zero-order chi connectivity index (χ0) is 21.6. The van der Waals surface area contributed by atoms with Crippen molar-refractivity contribution >= 4 is 44.9 Å². The molecule has 0 bridgehead atoms. The first-order valence-corrected chi connectivity index (χ1v) is 10.2. The van der Waals surface area contributed by atoms with Gasteiger partial charge in [0.2, 0.25) is 5.91 Å². The van der Waals surface area contributed by atoms with Gasteiger partial charge in [0, 0.05) is 16.0 Å². The molecule has 0 unspecified atom stereocenters. The van der Waals surface area contributed by atoms with Crippen LogP contribution in [-0.2, 0) is 11.3 Å². The van der Waals surface area contributed by atoms with Crippen molar-refractivity contribution in [3.8, 4) is 5.69 Å². The zero-order valence-electron chi connectivity index (χ0n) is 16.4. The number of anilines is 1. The molecule has 0 radical (unpaired) electrons. The van der Waals surface area contributed by atoms with E-state index in [2.05, 4.69) is 10.5 Å². The predicted molar refractivity (Wildman–Crippen MR) is 116 cm³/mol. The molecule has 0 saturated carbocycles. The number of carbonyl (C=O) groups is 1. The molecule has 154 valence electrons. The summed E-state index contributed by atoms with van der Waals surface area (Å²) in [6, 6.07) is 8.04. The Kier molecular flexibility index (Phi) is 5.08. The van der Waals surface area contributed by atoms with Crippen molar-refractivity contribution in [2.75, 3.05) is 5.32 Å². The summed E-state index contributed by atoms with van der Waals surface area (Å²) >= 11 is 7.37. The third-order valence-corrected chi connectivity index (χ3v) is 6.18. The van der Waals surface area contributed by atoms with Gasteiger partial charge >= 0.3 is 5.69 Å². The summed E-state index contributed by atoms with van der Waals surface area (Å²) in [5.41, 5.74) is 0.0476. The van der Waals surface area contributed by atoms with Gasteiger partial charge < -0.3 is 9.84 Å². The van der Waals surface area contributed by atoms with Crippen LogP contribution in [0.15, 0.2) is 44.4 Å². The molecule has 0 atom stereocenters. The number of nitrogens with one attached hydrogen (secondary N) is 1. The lowest BCUT2D eigenvalue weighted by Crippen LogP contribution is -2.40. The van der Waals surface area contributed by atoms with Gasteiger partial charge in [0.25, 0.3) is 5.56 Å². The molecule has 8 nitrogen and oxygen atoms in total.